The molecule has 0 amide bonds. The molecule has 0 radical (unpaired) electrons. The average molecular weight is 666 g/mol. The Hall–Kier alpha value is -7.11. The van der Waals surface area contributed by atoms with E-state index in [-0.39, 0.29) is 0 Å². The molecule has 11 aromatic rings. The standard InChI is InChI=1S/C47H27N3O2/c1-2-12-29(13-3-1)42-34-16-7-6-15-31(34)26-41-44(42)36-24-23-33(27-40(36)52-41)46-48-45(32-22-21-28-11-4-5-14-30(28)25-32)49-47(50-46)37-18-10-20-39-43(37)35-17-8-9-19-38(35)51-39/h1-27H. The molecule has 5 heteroatoms. The fourth-order valence-corrected chi connectivity index (χ4v) is 7.69. The van der Waals surface area contributed by atoms with Gasteiger partial charge >= 0.3 is 0 Å². The van der Waals surface area contributed by atoms with Crippen molar-refractivity contribution in [2.45, 2.75) is 0 Å². The molecular formula is C47H27N3O2. The van der Waals surface area contributed by atoms with Crippen molar-refractivity contribution in [2.75, 3.05) is 0 Å². The molecule has 11 rings (SSSR count). The predicted molar refractivity (Wildman–Crippen MR) is 211 cm³/mol. The van der Waals surface area contributed by atoms with Gasteiger partial charge in [0.05, 0.1) is 0 Å². The van der Waals surface area contributed by atoms with Gasteiger partial charge in [-0.25, -0.2) is 15.0 Å². The van der Waals surface area contributed by atoms with Crippen molar-refractivity contribution in [1.82, 2.24) is 15.0 Å². The largest absolute Gasteiger partial charge is 0.456 e. The third kappa shape index (κ3) is 4.46. The molecule has 0 unspecified atom stereocenters. The lowest BCUT2D eigenvalue weighted by molar-refractivity contribution is 0.669. The number of rotatable bonds is 4. The van der Waals surface area contributed by atoms with Crippen LogP contribution < -0.4 is 0 Å². The maximum Gasteiger partial charge on any atom is 0.164 e. The van der Waals surface area contributed by atoms with Crippen LogP contribution in [0.2, 0.25) is 0 Å². The Bertz CT molecular complexity index is 3190. The van der Waals surface area contributed by atoms with E-state index in [1.165, 1.54) is 10.9 Å². The normalized spacial score (nSPS) is 11.8. The minimum absolute atomic E-state index is 0.564. The summed E-state index contributed by atoms with van der Waals surface area (Å²) in [5, 5.41) is 8.75. The quantitative estimate of drug-likeness (QED) is 0.187. The van der Waals surface area contributed by atoms with Gasteiger partial charge in [-0.1, -0.05) is 127 Å². The summed E-state index contributed by atoms with van der Waals surface area (Å²) in [6.45, 7) is 0. The molecule has 5 nitrogen and oxygen atoms in total. The Morgan fingerprint density at radius 2 is 0.962 bits per heavy atom. The van der Waals surface area contributed by atoms with Crippen LogP contribution in [0.3, 0.4) is 0 Å². The Balaban J connectivity index is 1.16. The Morgan fingerprint density at radius 1 is 0.327 bits per heavy atom. The van der Waals surface area contributed by atoms with Crippen LogP contribution in [0.5, 0.6) is 0 Å². The van der Waals surface area contributed by atoms with Crippen molar-refractivity contribution in [3.63, 3.8) is 0 Å². The van der Waals surface area contributed by atoms with Gasteiger partial charge in [0.15, 0.2) is 17.5 Å². The first-order valence-corrected chi connectivity index (χ1v) is 17.3. The molecule has 0 bridgehead atoms. The van der Waals surface area contributed by atoms with Crippen molar-refractivity contribution < 1.29 is 8.83 Å². The summed E-state index contributed by atoms with van der Waals surface area (Å²) in [5.41, 5.74) is 8.20. The highest BCUT2D eigenvalue weighted by Gasteiger charge is 2.20. The molecular weight excluding hydrogens is 639 g/mol. The molecule has 0 aliphatic heterocycles. The lowest BCUT2D eigenvalue weighted by Gasteiger charge is -2.10. The van der Waals surface area contributed by atoms with Gasteiger partial charge in [0, 0.05) is 43.8 Å². The first-order chi connectivity index (χ1) is 25.7. The number of furan rings is 2. The number of benzene rings is 8. The van der Waals surface area contributed by atoms with E-state index in [1.807, 2.05) is 30.3 Å². The van der Waals surface area contributed by atoms with E-state index >= 15 is 0 Å². The Kier molecular flexibility index (Phi) is 6.18. The molecule has 3 heterocycles. The first kappa shape index (κ1) is 28.7. The molecule has 0 aliphatic rings. The topological polar surface area (TPSA) is 65.0 Å². The van der Waals surface area contributed by atoms with E-state index in [2.05, 4.69) is 133 Å². The van der Waals surface area contributed by atoms with Gasteiger partial charge < -0.3 is 8.83 Å². The molecule has 52 heavy (non-hydrogen) atoms. The van der Waals surface area contributed by atoms with Crippen molar-refractivity contribution in [3.8, 4) is 45.3 Å². The van der Waals surface area contributed by atoms with Gasteiger partial charge in [-0.3, -0.25) is 0 Å². The summed E-state index contributed by atoms with van der Waals surface area (Å²) >= 11 is 0. The second kappa shape index (κ2) is 11.2. The molecule has 8 aromatic carbocycles. The summed E-state index contributed by atoms with van der Waals surface area (Å²) in [7, 11) is 0. The van der Waals surface area contributed by atoms with E-state index in [0.717, 1.165) is 82.3 Å². The maximum atomic E-state index is 6.67. The third-order valence-electron chi connectivity index (χ3n) is 10.1. The first-order valence-electron chi connectivity index (χ1n) is 17.3. The van der Waals surface area contributed by atoms with Crippen LogP contribution in [0, 0.1) is 0 Å². The van der Waals surface area contributed by atoms with Crippen LogP contribution in [0.15, 0.2) is 173 Å². The van der Waals surface area contributed by atoms with Gasteiger partial charge in [-0.05, 0) is 63.5 Å². The van der Waals surface area contributed by atoms with E-state index in [0.29, 0.717) is 17.5 Å². The lowest BCUT2D eigenvalue weighted by atomic mass is 9.93. The predicted octanol–water partition coefficient (Wildman–Crippen LogP) is 12.6. The number of hydrogen-bond acceptors (Lipinski definition) is 5. The van der Waals surface area contributed by atoms with E-state index in [1.54, 1.807) is 0 Å². The minimum Gasteiger partial charge on any atom is -0.456 e. The smallest absolute Gasteiger partial charge is 0.164 e. The van der Waals surface area contributed by atoms with Gasteiger partial charge in [0.25, 0.3) is 0 Å². The highest BCUT2D eigenvalue weighted by atomic mass is 16.3. The molecule has 0 saturated heterocycles. The average Bonchev–Trinajstić information content (AvgIpc) is 3.77. The summed E-state index contributed by atoms with van der Waals surface area (Å²) in [5.74, 6) is 1.74. The zero-order chi connectivity index (χ0) is 34.2. The Labute approximate surface area is 297 Å². The lowest BCUT2D eigenvalue weighted by Crippen LogP contribution is -2.00. The van der Waals surface area contributed by atoms with Crippen LogP contribution in [0.4, 0.5) is 0 Å². The zero-order valence-electron chi connectivity index (χ0n) is 27.7. The van der Waals surface area contributed by atoms with Gasteiger partial charge in [-0.15, -0.1) is 0 Å². The summed E-state index contributed by atoms with van der Waals surface area (Å²) in [4.78, 5) is 15.4. The van der Waals surface area contributed by atoms with Crippen LogP contribution in [-0.4, -0.2) is 15.0 Å². The van der Waals surface area contributed by atoms with Crippen LogP contribution in [0.1, 0.15) is 0 Å². The molecule has 242 valence electrons. The molecule has 0 spiro atoms. The fraction of sp³-hybridized carbons (Fsp3) is 0. The summed E-state index contributed by atoms with van der Waals surface area (Å²) < 4.78 is 12.9. The fourth-order valence-electron chi connectivity index (χ4n) is 7.69. The minimum atomic E-state index is 0.564. The summed E-state index contributed by atoms with van der Waals surface area (Å²) in [6.07, 6.45) is 0. The number of fused-ring (bicyclic) bond motifs is 8. The van der Waals surface area contributed by atoms with Crippen molar-refractivity contribution in [3.05, 3.63) is 164 Å². The van der Waals surface area contributed by atoms with Crippen LogP contribution >= 0.6 is 0 Å². The molecule has 0 aliphatic carbocycles. The zero-order valence-corrected chi connectivity index (χ0v) is 27.7. The van der Waals surface area contributed by atoms with Crippen LogP contribution in [0.25, 0.3) is 111 Å². The second-order valence-corrected chi connectivity index (χ2v) is 13.2. The molecule has 0 fully saturated rings. The highest BCUT2D eigenvalue weighted by molar-refractivity contribution is 6.21. The van der Waals surface area contributed by atoms with Gasteiger partial charge in [0.2, 0.25) is 0 Å². The summed E-state index contributed by atoms with van der Waals surface area (Å²) in [6, 6.07) is 56.3. The molecule has 3 aromatic heterocycles. The monoisotopic (exact) mass is 665 g/mol. The van der Waals surface area contributed by atoms with Crippen LogP contribution in [-0.2, 0) is 0 Å². The SMILES string of the molecule is c1ccc(-c2c3ccccc3cc3oc4cc(-c5nc(-c6ccc7ccccc7c6)nc(-c6cccc7oc8ccccc8c67)n5)ccc4c23)cc1. The van der Waals surface area contributed by atoms with Crippen molar-refractivity contribution >= 4 is 65.4 Å². The van der Waals surface area contributed by atoms with E-state index in [9.17, 15) is 0 Å². The van der Waals surface area contributed by atoms with Gasteiger partial charge in [0.1, 0.15) is 22.3 Å². The molecule has 0 saturated carbocycles. The number of hydrogen-bond donors (Lipinski definition) is 0. The third-order valence-corrected chi connectivity index (χ3v) is 10.1. The van der Waals surface area contributed by atoms with Gasteiger partial charge in [-0.2, -0.15) is 0 Å². The number of nitrogens with zero attached hydrogens (tertiary/aromatic N) is 3. The Morgan fingerprint density at radius 3 is 1.83 bits per heavy atom. The maximum absolute atomic E-state index is 6.67. The second-order valence-electron chi connectivity index (χ2n) is 13.2. The number of para-hydroxylation sites is 1. The number of aromatic nitrogens is 3. The highest BCUT2D eigenvalue weighted by Crippen LogP contribution is 2.43. The van der Waals surface area contributed by atoms with Crippen molar-refractivity contribution in [1.29, 1.82) is 0 Å². The molecule has 0 atom stereocenters. The molecule has 0 N–H and O–H groups in total. The van der Waals surface area contributed by atoms with E-state index in [4.69, 9.17) is 23.8 Å². The van der Waals surface area contributed by atoms with Crippen molar-refractivity contribution in [2.24, 2.45) is 0 Å². The van der Waals surface area contributed by atoms with E-state index < -0.39 is 0 Å².